The van der Waals surface area contributed by atoms with Crippen molar-refractivity contribution < 1.29 is 9.53 Å². The van der Waals surface area contributed by atoms with E-state index in [0.717, 1.165) is 23.4 Å². The predicted octanol–water partition coefficient (Wildman–Crippen LogP) is 3.81. The van der Waals surface area contributed by atoms with Gasteiger partial charge in [-0.05, 0) is 63.6 Å². The second kappa shape index (κ2) is 8.61. The molecule has 0 bridgehead atoms. The molecule has 1 atom stereocenters. The average Bonchev–Trinajstić information content (AvgIpc) is 2.56. The van der Waals surface area contributed by atoms with E-state index in [1.165, 1.54) is 31.3 Å². The molecule has 1 aliphatic rings. The molecule has 1 aromatic rings. The number of amides is 1. The SMILES string of the molecule is COc1ccc(C)cc1NC(C)C(=O)NCCC1=CCCCC1. The fourth-order valence-electron chi connectivity index (χ4n) is 2.86. The van der Waals surface area contributed by atoms with E-state index >= 15 is 0 Å². The van der Waals surface area contributed by atoms with Crippen LogP contribution in [0.2, 0.25) is 0 Å². The maximum Gasteiger partial charge on any atom is 0.242 e. The van der Waals surface area contributed by atoms with Crippen LogP contribution >= 0.6 is 0 Å². The van der Waals surface area contributed by atoms with E-state index in [1.807, 2.05) is 32.0 Å². The second-order valence-corrected chi connectivity index (χ2v) is 6.22. The highest BCUT2D eigenvalue weighted by Crippen LogP contribution is 2.25. The Labute approximate surface area is 139 Å². The maximum atomic E-state index is 12.2. The molecule has 0 aromatic heterocycles. The van der Waals surface area contributed by atoms with Crippen LogP contribution in [0.5, 0.6) is 5.75 Å². The number of hydrogen-bond donors (Lipinski definition) is 2. The summed E-state index contributed by atoms with van der Waals surface area (Å²) >= 11 is 0. The summed E-state index contributed by atoms with van der Waals surface area (Å²) in [6.45, 7) is 4.60. The van der Waals surface area contributed by atoms with Gasteiger partial charge in [-0.2, -0.15) is 0 Å². The Balaban J connectivity index is 1.82. The van der Waals surface area contributed by atoms with Gasteiger partial charge in [-0.1, -0.05) is 17.7 Å². The Morgan fingerprint density at radius 1 is 1.35 bits per heavy atom. The largest absolute Gasteiger partial charge is 0.495 e. The molecule has 126 valence electrons. The first-order chi connectivity index (χ1) is 11.1. The lowest BCUT2D eigenvalue weighted by atomic mass is 9.97. The van der Waals surface area contributed by atoms with Crippen LogP contribution in [0.25, 0.3) is 0 Å². The van der Waals surface area contributed by atoms with E-state index in [9.17, 15) is 4.79 Å². The van der Waals surface area contributed by atoms with E-state index < -0.39 is 0 Å². The van der Waals surface area contributed by atoms with Crippen molar-refractivity contribution in [3.8, 4) is 5.75 Å². The van der Waals surface area contributed by atoms with Crippen molar-refractivity contribution in [1.29, 1.82) is 0 Å². The first-order valence-corrected chi connectivity index (χ1v) is 8.47. The quantitative estimate of drug-likeness (QED) is 0.752. The summed E-state index contributed by atoms with van der Waals surface area (Å²) in [7, 11) is 1.64. The van der Waals surface area contributed by atoms with Gasteiger partial charge in [0.25, 0.3) is 0 Å². The minimum Gasteiger partial charge on any atom is -0.495 e. The van der Waals surface area contributed by atoms with Crippen molar-refractivity contribution in [3.63, 3.8) is 0 Å². The number of allylic oxidation sites excluding steroid dienone is 1. The van der Waals surface area contributed by atoms with Gasteiger partial charge >= 0.3 is 0 Å². The van der Waals surface area contributed by atoms with E-state index in [2.05, 4.69) is 16.7 Å². The summed E-state index contributed by atoms with van der Waals surface area (Å²) in [5.74, 6) is 0.771. The van der Waals surface area contributed by atoms with Gasteiger partial charge in [0.05, 0.1) is 12.8 Å². The molecule has 1 unspecified atom stereocenters. The number of carbonyl (C=O) groups excluding carboxylic acids is 1. The Bertz CT molecular complexity index is 566. The third-order valence-corrected chi connectivity index (χ3v) is 4.25. The zero-order valence-corrected chi connectivity index (χ0v) is 14.4. The molecule has 23 heavy (non-hydrogen) atoms. The lowest BCUT2D eigenvalue weighted by Crippen LogP contribution is -2.38. The third kappa shape index (κ3) is 5.31. The number of anilines is 1. The molecule has 4 nitrogen and oxygen atoms in total. The van der Waals surface area contributed by atoms with Gasteiger partial charge < -0.3 is 15.4 Å². The van der Waals surface area contributed by atoms with Crippen LogP contribution in [0.4, 0.5) is 5.69 Å². The van der Waals surface area contributed by atoms with Crippen LogP contribution in [-0.2, 0) is 4.79 Å². The predicted molar refractivity (Wildman–Crippen MR) is 95.0 cm³/mol. The summed E-state index contributed by atoms with van der Waals surface area (Å²) < 4.78 is 5.34. The van der Waals surface area contributed by atoms with Crippen molar-refractivity contribution in [2.45, 2.75) is 52.0 Å². The van der Waals surface area contributed by atoms with Crippen LogP contribution in [0, 0.1) is 6.92 Å². The first kappa shape index (κ1) is 17.4. The number of aryl methyl sites for hydroxylation is 1. The van der Waals surface area contributed by atoms with E-state index in [0.29, 0.717) is 6.54 Å². The zero-order valence-electron chi connectivity index (χ0n) is 14.4. The van der Waals surface area contributed by atoms with Crippen molar-refractivity contribution in [2.24, 2.45) is 0 Å². The molecule has 0 radical (unpaired) electrons. The number of carbonyl (C=O) groups is 1. The number of ether oxygens (including phenoxy) is 1. The highest BCUT2D eigenvalue weighted by molar-refractivity contribution is 5.84. The second-order valence-electron chi connectivity index (χ2n) is 6.22. The highest BCUT2D eigenvalue weighted by Gasteiger charge is 2.14. The van der Waals surface area contributed by atoms with Gasteiger partial charge in [0.2, 0.25) is 5.91 Å². The molecule has 0 fully saturated rings. The van der Waals surface area contributed by atoms with Crippen LogP contribution < -0.4 is 15.4 Å². The average molecular weight is 316 g/mol. The number of benzene rings is 1. The van der Waals surface area contributed by atoms with Crippen molar-refractivity contribution >= 4 is 11.6 Å². The summed E-state index contributed by atoms with van der Waals surface area (Å²) in [4.78, 5) is 12.2. The minimum atomic E-state index is -0.300. The summed E-state index contributed by atoms with van der Waals surface area (Å²) in [6, 6.07) is 5.60. The fraction of sp³-hybridized carbons (Fsp3) is 0.526. The monoisotopic (exact) mass is 316 g/mol. The van der Waals surface area contributed by atoms with Crippen LogP contribution in [0.3, 0.4) is 0 Å². The molecule has 1 amide bonds. The molecule has 0 heterocycles. The molecule has 0 aliphatic heterocycles. The molecule has 0 saturated heterocycles. The fourth-order valence-corrected chi connectivity index (χ4v) is 2.86. The maximum absolute atomic E-state index is 12.2. The van der Waals surface area contributed by atoms with Gasteiger partial charge in [-0.25, -0.2) is 0 Å². The smallest absolute Gasteiger partial charge is 0.242 e. The van der Waals surface area contributed by atoms with Gasteiger partial charge in [-0.15, -0.1) is 0 Å². The van der Waals surface area contributed by atoms with E-state index in [1.54, 1.807) is 7.11 Å². The summed E-state index contributed by atoms with van der Waals surface area (Å²) in [5, 5.41) is 6.26. The topological polar surface area (TPSA) is 50.4 Å². The normalized spacial score (nSPS) is 15.5. The lowest BCUT2D eigenvalue weighted by Gasteiger charge is -2.18. The number of rotatable bonds is 7. The Morgan fingerprint density at radius 2 is 2.17 bits per heavy atom. The molecule has 4 heteroatoms. The molecule has 0 spiro atoms. The molecular formula is C19H28N2O2. The molecule has 2 N–H and O–H groups in total. The van der Waals surface area contributed by atoms with Gasteiger partial charge in [0.15, 0.2) is 0 Å². The zero-order chi connectivity index (χ0) is 16.7. The number of nitrogens with one attached hydrogen (secondary N) is 2. The number of methoxy groups -OCH3 is 1. The molecule has 2 rings (SSSR count). The lowest BCUT2D eigenvalue weighted by molar-refractivity contribution is -0.121. The first-order valence-electron chi connectivity index (χ1n) is 8.47. The Kier molecular flexibility index (Phi) is 6.51. The standard InChI is InChI=1S/C19H28N2O2/c1-14-9-10-18(23-3)17(13-14)21-15(2)19(22)20-12-11-16-7-5-4-6-8-16/h7,9-10,13,15,21H,4-6,8,11-12H2,1-3H3,(H,20,22). The summed E-state index contributed by atoms with van der Waals surface area (Å²) in [6.07, 6.45) is 8.25. The highest BCUT2D eigenvalue weighted by atomic mass is 16.5. The van der Waals surface area contributed by atoms with Crippen molar-refractivity contribution in [3.05, 3.63) is 35.4 Å². The van der Waals surface area contributed by atoms with Crippen LogP contribution in [0.15, 0.2) is 29.8 Å². The van der Waals surface area contributed by atoms with Crippen LogP contribution in [-0.4, -0.2) is 25.6 Å². The molecule has 0 saturated carbocycles. The van der Waals surface area contributed by atoms with Crippen LogP contribution in [0.1, 0.15) is 44.6 Å². The third-order valence-electron chi connectivity index (χ3n) is 4.25. The van der Waals surface area contributed by atoms with Gasteiger partial charge in [0.1, 0.15) is 11.8 Å². The van der Waals surface area contributed by atoms with E-state index in [-0.39, 0.29) is 11.9 Å². The Hall–Kier alpha value is -1.97. The van der Waals surface area contributed by atoms with Gasteiger partial charge in [-0.3, -0.25) is 4.79 Å². The minimum absolute atomic E-state index is 0.0185. The van der Waals surface area contributed by atoms with Crippen molar-refractivity contribution in [2.75, 3.05) is 19.0 Å². The molecule has 1 aromatic carbocycles. The Morgan fingerprint density at radius 3 is 2.87 bits per heavy atom. The molecule has 1 aliphatic carbocycles. The number of hydrogen-bond acceptors (Lipinski definition) is 3. The molecular weight excluding hydrogens is 288 g/mol. The van der Waals surface area contributed by atoms with Crippen molar-refractivity contribution in [1.82, 2.24) is 5.32 Å². The van der Waals surface area contributed by atoms with E-state index in [4.69, 9.17) is 4.74 Å². The summed E-state index contributed by atoms with van der Waals surface area (Å²) in [5.41, 5.74) is 3.47. The van der Waals surface area contributed by atoms with Gasteiger partial charge in [0, 0.05) is 6.54 Å².